The predicted molar refractivity (Wildman–Crippen MR) is 87.9 cm³/mol. The fourth-order valence-corrected chi connectivity index (χ4v) is 2.79. The van der Waals surface area contributed by atoms with Crippen molar-refractivity contribution >= 4 is 5.97 Å². The van der Waals surface area contributed by atoms with E-state index in [0.29, 0.717) is 12.2 Å². The smallest absolute Gasteiger partial charge is 0.353 e. The van der Waals surface area contributed by atoms with Crippen LogP contribution < -0.4 is 0 Å². The standard InChI is InChI=1S/C19H17NO2/c1-2-20-17(15-11-7-4-8-12-15)13-16(18(20)19(21)22)14-9-5-3-6-10-14/h3-13H,2H2,1H3,(H,21,22). The van der Waals surface area contributed by atoms with Crippen molar-refractivity contribution in [3.05, 3.63) is 72.4 Å². The first kappa shape index (κ1) is 14.1. The molecule has 0 aliphatic carbocycles. The third kappa shape index (κ3) is 2.42. The number of hydrogen-bond donors (Lipinski definition) is 1. The molecule has 22 heavy (non-hydrogen) atoms. The number of rotatable bonds is 4. The molecule has 110 valence electrons. The Bertz CT molecular complexity index is 789. The Balaban J connectivity index is 2.27. The molecule has 0 atom stereocenters. The molecule has 0 aliphatic heterocycles. The van der Waals surface area contributed by atoms with Gasteiger partial charge in [-0.15, -0.1) is 0 Å². The summed E-state index contributed by atoms with van der Waals surface area (Å²) in [5.74, 6) is -0.900. The summed E-state index contributed by atoms with van der Waals surface area (Å²) in [4.78, 5) is 11.8. The highest BCUT2D eigenvalue weighted by atomic mass is 16.4. The van der Waals surface area contributed by atoms with Gasteiger partial charge in [-0.1, -0.05) is 60.7 Å². The fourth-order valence-electron chi connectivity index (χ4n) is 2.79. The van der Waals surface area contributed by atoms with Gasteiger partial charge in [-0.25, -0.2) is 4.79 Å². The van der Waals surface area contributed by atoms with Crippen molar-refractivity contribution in [2.45, 2.75) is 13.5 Å². The maximum absolute atomic E-state index is 11.8. The lowest BCUT2D eigenvalue weighted by Gasteiger charge is -2.09. The fraction of sp³-hybridized carbons (Fsp3) is 0.105. The van der Waals surface area contributed by atoms with E-state index in [9.17, 15) is 9.90 Å². The Morgan fingerprint density at radius 1 is 0.955 bits per heavy atom. The molecule has 0 amide bonds. The van der Waals surface area contributed by atoms with Crippen LogP contribution in [0.4, 0.5) is 0 Å². The largest absolute Gasteiger partial charge is 0.477 e. The Morgan fingerprint density at radius 2 is 1.50 bits per heavy atom. The number of benzene rings is 2. The van der Waals surface area contributed by atoms with Crippen LogP contribution in [0.15, 0.2) is 66.7 Å². The number of carbonyl (C=O) groups is 1. The van der Waals surface area contributed by atoms with Crippen LogP contribution in [0.25, 0.3) is 22.4 Å². The van der Waals surface area contributed by atoms with E-state index in [4.69, 9.17) is 0 Å². The van der Waals surface area contributed by atoms with Crippen LogP contribution in [0.5, 0.6) is 0 Å². The third-order valence-electron chi connectivity index (χ3n) is 3.77. The van der Waals surface area contributed by atoms with Gasteiger partial charge in [0.25, 0.3) is 0 Å². The van der Waals surface area contributed by atoms with Gasteiger partial charge in [-0.2, -0.15) is 0 Å². The second-order valence-corrected chi connectivity index (χ2v) is 5.07. The molecular formula is C19H17NO2. The minimum absolute atomic E-state index is 0.340. The molecule has 0 saturated carbocycles. The van der Waals surface area contributed by atoms with Crippen molar-refractivity contribution in [2.75, 3.05) is 0 Å². The number of carboxylic acids is 1. The van der Waals surface area contributed by atoms with Gasteiger partial charge >= 0.3 is 5.97 Å². The summed E-state index contributed by atoms with van der Waals surface area (Å²) in [6.45, 7) is 2.58. The lowest BCUT2D eigenvalue weighted by molar-refractivity contribution is 0.0686. The van der Waals surface area contributed by atoms with Gasteiger partial charge in [0.1, 0.15) is 5.69 Å². The van der Waals surface area contributed by atoms with Crippen LogP contribution in [-0.4, -0.2) is 15.6 Å². The van der Waals surface area contributed by atoms with Gasteiger partial charge in [-0.05, 0) is 24.1 Å². The summed E-state index contributed by atoms with van der Waals surface area (Å²) in [7, 11) is 0. The summed E-state index contributed by atoms with van der Waals surface area (Å²) in [6, 6.07) is 21.5. The van der Waals surface area contributed by atoms with Crippen LogP contribution in [-0.2, 0) is 6.54 Å². The molecule has 2 aromatic carbocycles. The lowest BCUT2D eigenvalue weighted by atomic mass is 10.0. The van der Waals surface area contributed by atoms with E-state index >= 15 is 0 Å². The van der Waals surface area contributed by atoms with Gasteiger partial charge in [-0.3, -0.25) is 0 Å². The highest BCUT2D eigenvalue weighted by Gasteiger charge is 2.21. The molecular weight excluding hydrogens is 274 g/mol. The minimum Gasteiger partial charge on any atom is -0.477 e. The number of carboxylic acid groups (broad SMARTS) is 1. The average Bonchev–Trinajstić information content (AvgIpc) is 2.96. The first-order valence-corrected chi connectivity index (χ1v) is 7.30. The van der Waals surface area contributed by atoms with Crippen LogP contribution >= 0.6 is 0 Å². The number of aromatic carboxylic acids is 1. The van der Waals surface area contributed by atoms with E-state index < -0.39 is 5.97 Å². The molecule has 1 heterocycles. The van der Waals surface area contributed by atoms with Crippen LogP contribution in [0.2, 0.25) is 0 Å². The van der Waals surface area contributed by atoms with Gasteiger partial charge in [0.15, 0.2) is 0 Å². The van der Waals surface area contributed by atoms with Crippen molar-refractivity contribution in [2.24, 2.45) is 0 Å². The molecule has 3 heteroatoms. The maximum Gasteiger partial charge on any atom is 0.353 e. The summed E-state index contributed by atoms with van der Waals surface area (Å²) < 4.78 is 1.86. The molecule has 0 radical (unpaired) electrons. The van der Waals surface area contributed by atoms with E-state index in [0.717, 1.165) is 22.4 Å². The summed E-state index contributed by atoms with van der Waals surface area (Å²) >= 11 is 0. The van der Waals surface area contributed by atoms with Crippen molar-refractivity contribution in [1.29, 1.82) is 0 Å². The van der Waals surface area contributed by atoms with E-state index in [1.807, 2.05) is 78.2 Å². The van der Waals surface area contributed by atoms with Gasteiger partial charge in [0.05, 0.1) is 0 Å². The lowest BCUT2D eigenvalue weighted by Crippen LogP contribution is -2.09. The van der Waals surface area contributed by atoms with Crippen molar-refractivity contribution < 1.29 is 9.90 Å². The molecule has 1 N–H and O–H groups in total. The van der Waals surface area contributed by atoms with Gasteiger partial charge in [0.2, 0.25) is 0 Å². The molecule has 1 aromatic heterocycles. The number of aromatic nitrogens is 1. The molecule has 0 spiro atoms. The normalized spacial score (nSPS) is 10.6. The Hall–Kier alpha value is -2.81. The maximum atomic E-state index is 11.8. The van der Waals surface area contributed by atoms with Crippen molar-refractivity contribution in [1.82, 2.24) is 4.57 Å². The third-order valence-corrected chi connectivity index (χ3v) is 3.77. The van der Waals surface area contributed by atoms with Gasteiger partial charge < -0.3 is 9.67 Å². The van der Waals surface area contributed by atoms with Crippen molar-refractivity contribution in [3.63, 3.8) is 0 Å². The molecule has 0 aliphatic rings. The second-order valence-electron chi connectivity index (χ2n) is 5.07. The second kappa shape index (κ2) is 5.90. The highest BCUT2D eigenvalue weighted by Crippen LogP contribution is 2.32. The quantitative estimate of drug-likeness (QED) is 0.766. The Kier molecular flexibility index (Phi) is 3.79. The van der Waals surface area contributed by atoms with E-state index in [1.165, 1.54) is 0 Å². The minimum atomic E-state index is -0.900. The van der Waals surface area contributed by atoms with Crippen LogP contribution in [0, 0.1) is 0 Å². The van der Waals surface area contributed by atoms with E-state index in [-0.39, 0.29) is 0 Å². The molecule has 0 fully saturated rings. The van der Waals surface area contributed by atoms with E-state index in [1.54, 1.807) is 0 Å². The SMILES string of the molecule is CCn1c(-c2ccccc2)cc(-c2ccccc2)c1C(=O)O. The van der Waals surface area contributed by atoms with Crippen LogP contribution in [0.1, 0.15) is 17.4 Å². The van der Waals surface area contributed by atoms with Gasteiger partial charge in [0, 0.05) is 17.8 Å². The zero-order valence-electron chi connectivity index (χ0n) is 12.4. The summed E-state index contributed by atoms with van der Waals surface area (Å²) in [5, 5.41) is 9.68. The molecule has 3 rings (SSSR count). The predicted octanol–water partition coefficient (Wildman–Crippen LogP) is 4.54. The van der Waals surface area contributed by atoms with Crippen molar-refractivity contribution in [3.8, 4) is 22.4 Å². The molecule has 0 unspecified atom stereocenters. The monoisotopic (exact) mass is 291 g/mol. The molecule has 3 nitrogen and oxygen atoms in total. The Morgan fingerprint density at radius 3 is 2.00 bits per heavy atom. The highest BCUT2D eigenvalue weighted by molar-refractivity contribution is 5.96. The topological polar surface area (TPSA) is 42.2 Å². The summed E-state index contributed by atoms with van der Waals surface area (Å²) in [5.41, 5.74) is 3.97. The average molecular weight is 291 g/mol. The first-order chi connectivity index (χ1) is 10.7. The Labute approximate surface area is 129 Å². The first-order valence-electron chi connectivity index (χ1n) is 7.30. The molecule has 0 saturated heterocycles. The zero-order valence-corrected chi connectivity index (χ0v) is 12.4. The molecule has 3 aromatic rings. The summed E-state index contributed by atoms with van der Waals surface area (Å²) in [6.07, 6.45) is 0. The number of hydrogen-bond acceptors (Lipinski definition) is 1. The van der Waals surface area contributed by atoms with E-state index in [2.05, 4.69) is 0 Å². The zero-order chi connectivity index (χ0) is 15.5. The number of nitrogens with zero attached hydrogens (tertiary/aromatic N) is 1. The molecule has 0 bridgehead atoms. The van der Waals surface area contributed by atoms with Crippen LogP contribution in [0.3, 0.4) is 0 Å².